The minimum atomic E-state index is -0.256. The van der Waals surface area contributed by atoms with Crippen LogP contribution in [0.5, 0.6) is 0 Å². The first-order chi connectivity index (χ1) is 7.72. The Morgan fingerprint density at radius 1 is 1.38 bits per heavy atom. The van der Waals surface area contributed by atoms with Gasteiger partial charge in [0.05, 0.1) is 0 Å². The molecule has 0 aromatic heterocycles. The average molecular weight is 304 g/mol. The predicted octanol–water partition coefficient (Wildman–Crippen LogP) is 2.96. The molecule has 2 amide bonds. The van der Waals surface area contributed by atoms with Crippen molar-refractivity contribution in [3.63, 3.8) is 0 Å². The Balaban J connectivity index is 2.37. The van der Waals surface area contributed by atoms with Gasteiger partial charge in [-0.05, 0) is 23.8 Å². The van der Waals surface area contributed by atoms with Crippen LogP contribution < -0.4 is 10.6 Å². The Morgan fingerprint density at radius 3 is 2.69 bits per heavy atom. The summed E-state index contributed by atoms with van der Waals surface area (Å²) < 4.78 is 1.03. The van der Waals surface area contributed by atoms with Gasteiger partial charge < -0.3 is 10.6 Å². The number of halogens is 2. The molecule has 1 rings (SSSR count). The number of benzene rings is 1. The highest BCUT2D eigenvalue weighted by Crippen LogP contribution is 2.10. The minimum Gasteiger partial charge on any atom is -0.337 e. The fourth-order valence-electron chi connectivity index (χ4n) is 0.999. The van der Waals surface area contributed by atoms with Crippen molar-refractivity contribution in [1.82, 2.24) is 10.6 Å². The van der Waals surface area contributed by atoms with Gasteiger partial charge in [-0.25, -0.2) is 4.79 Å². The van der Waals surface area contributed by atoms with E-state index in [2.05, 4.69) is 26.6 Å². The summed E-state index contributed by atoms with van der Waals surface area (Å²) in [6.07, 6.45) is 3.40. The molecule has 1 aromatic carbocycles. The van der Waals surface area contributed by atoms with Crippen LogP contribution in [0.15, 0.2) is 34.9 Å². The largest absolute Gasteiger partial charge is 0.337 e. The van der Waals surface area contributed by atoms with Crippen LogP contribution in [0, 0.1) is 0 Å². The summed E-state index contributed by atoms with van der Waals surface area (Å²) in [5, 5.41) is 5.17. The molecule has 0 aliphatic rings. The van der Waals surface area contributed by atoms with Crippen LogP contribution >= 0.6 is 27.5 Å². The molecular formula is C11H12BrClN2O. The Hall–Kier alpha value is -1.00. The lowest BCUT2D eigenvalue weighted by atomic mass is 10.2. The highest BCUT2D eigenvalue weighted by atomic mass is 79.9. The predicted molar refractivity (Wildman–Crippen MR) is 70.4 cm³/mol. The Bertz CT molecular complexity index is 365. The van der Waals surface area contributed by atoms with Gasteiger partial charge in [0.25, 0.3) is 0 Å². The third-order valence-corrected chi connectivity index (χ3v) is 2.46. The number of carbonyl (C=O) groups excluding carboxylic acids is 1. The number of rotatable bonds is 4. The van der Waals surface area contributed by atoms with Crippen LogP contribution in [0.2, 0.25) is 0 Å². The molecule has 0 aliphatic carbocycles. The van der Waals surface area contributed by atoms with Crippen molar-refractivity contribution in [2.75, 3.05) is 12.4 Å². The van der Waals surface area contributed by atoms with Crippen molar-refractivity contribution >= 4 is 39.6 Å². The quantitative estimate of drug-likeness (QED) is 0.825. The van der Waals surface area contributed by atoms with Crippen LogP contribution in [0.3, 0.4) is 0 Å². The molecule has 0 fully saturated rings. The second kappa shape index (κ2) is 7.30. The molecule has 0 unspecified atom stereocenters. The maximum atomic E-state index is 11.1. The summed E-state index contributed by atoms with van der Waals surface area (Å²) in [6.45, 7) is 0.458. The first-order valence-corrected chi connectivity index (χ1v) is 6.07. The van der Waals surface area contributed by atoms with Crippen molar-refractivity contribution < 1.29 is 4.79 Å². The van der Waals surface area contributed by atoms with E-state index in [9.17, 15) is 4.79 Å². The summed E-state index contributed by atoms with van der Waals surface area (Å²) in [5.41, 5.74) is 1.01. The van der Waals surface area contributed by atoms with E-state index in [1.54, 1.807) is 6.20 Å². The van der Waals surface area contributed by atoms with Gasteiger partial charge in [0.2, 0.25) is 0 Å². The van der Waals surface area contributed by atoms with Gasteiger partial charge in [0, 0.05) is 23.1 Å². The molecule has 0 spiro atoms. The van der Waals surface area contributed by atoms with Crippen molar-refractivity contribution in [1.29, 1.82) is 0 Å². The maximum Gasteiger partial charge on any atom is 0.318 e. The van der Waals surface area contributed by atoms with E-state index in [1.807, 2.05) is 30.3 Å². The van der Waals surface area contributed by atoms with E-state index in [0.29, 0.717) is 12.4 Å². The van der Waals surface area contributed by atoms with Crippen LogP contribution in [-0.4, -0.2) is 18.5 Å². The highest BCUT2D eigenvalue weighted by molar-refractivity contribution is 9.10. The third-order valence-electron chi connectivity index (χ3n) is 1.74. The molecule has 0 heterocycles. The Kier molecular flexibility index (Phi) is 5.96. The zero-order valence-electron chi connectivity index (χ0n) is 8.54. The average Bonchev–Trinajstić information content (AvgIpc) is 2.29. The van der Waals surface area contributed by atoms with E-state index >= 15 is 0 Å². The number of alkyl halides is 1. The standard InChI is InChI=1S/C11H12BrClN2O/c12-10-3-1-9(2-4-10)5-7-14-11(16)15-8-6-13/h1-5,7H,6,8H2,(H2,14,15,16)/b7-5+. The SMILES string of the molecule is O=C(N/C=C/c1ccc(Br)cc1)NCCCl. The Labute approximate surface area is 108 Å². The summed E-state index contributed by atoms with van der Waals surface area (Å²) in [5.74, 6) is 0.407. The molecule has 0 radical (unpaired) electrons. The lowest BCUT2D eigenvalue weighted by Gasteiger charge is -2.01. The summed E-state index contributed by atoms with van der Waals surface area (Å²) >= 11 is 8.77. The van der Waals surface area contributed by atoms with E-state index in [4.69, 9.17) is 11.6 Å². The van der Waals surface area contributed by atoms with Crippen LogP contribution in [0.1, 0.15) is 5.56 Å². The molecule has 0 bridgehead atoms. The van der Waals surface area contributed by atoms with E-state index in [-0.39, 0.29) is 6.03 Å². The smallest absolute Gasteiger partial charge is 0.318 e. The monoisotopic (exact) mass is 302 g/mol. The van der Waals surface area contributed by atoms with E-state index in [1.165, 1.54) is 0 Å². The normalized spacial score (nSPS) is 10.4. The lowest BCUT2D eigenvalue weighted by Crippen LogP contribution is -2.33. The fourth-order valence-corrected chi connectivity index (χ4v) is 1.36. The van der Waals surface area contributed by atoms with Gasteiger partial charge in [-0.3, -0.25) is 0 Å². The summed E-state index contributed by atoms with van der Waals surface area (Å²) in [4.78, 5) is 11.1. The van der Waals surface area contributed by atoms with E-state index < -0.39 is 0 Å². The molecule has 3 nitrogen and oxygen atoms in total. The van der Waals surface area contributed by atoms with Gasteiger partial charge in [-0.15, -0.1) is 11.6 Å². The molecule has 2 N–H and O–H groups in total. The second-order valence-electron chi connectivity index (χ2n) is 2.97. The summed E-state index contributed by atoms with van der Waals surface area (Å²) in [6, 6.07) is 7.51. The first kappa shape index (κ1) is 13.1. The molecule has 0 atom stereocenters. The Morgan fingerprint density at radius 2 is 2.06 bits per heavy atom. The number of amides is 2. The number of urea groups is 1. The van der Waals surface area contributed by atoms with Gasteiger partial charge in [-0.1, -0.05) is 28.1 Å². The zero-order valence-corrected chi connectivity index (χ0v) is 10.9. The van der Waals surface area contributed by atoms with Gasteiger partial charge in [0.15, 0.2) is 0 Å². The van der Waals surface area contributed by atoms with Crippen LogP contribution in [0.4, 0.5) is 4.79 Å². The molecule has 16 heavy (non-hydrogen) atoms. The summed E-state index contributed by atoms with van der Waals surface area (Å²) in [7, 11) is 0. The van der Waals surface area contributed by atoms with Crippen molar-refractivity contribution in [2.45, 2.75) is 0 Å². The molecule has 0 saturated carbocycles. The molecule has 0 saturated heterocycles. The minimum absolute atomic E-state index is 0.256. The molecule has 0 aliphatic heterocycles. The van der Waals surface area contributed by atoms with Crippen molar-refractivity contribution in [3.05, 3.63) is 40.5 Å². The first-order valence-electron chi connectivity index (χ1n) is 4.75. The molecule has 86 valence electrons. The van der Waals surface area contributed by atoms with Gasteiger partial charge in [0.1, 0.15) is 0 Å². The van der Waals surface area contributed by atoms with Gasteiger partial charge in [-0.2, -0.15) is 0 Å². The third kappa shape index (κ3) is 5.19. The fraction of sp³-hybridized carbons (Fsp3) is 0.182. The molecule has 1 aromatic rings. The lowest BCUT2D eigenvalue weighted by molar-refractivity contribution is 0.245. The zero-order chi connectivity index (χ0) is 11.8. The molecular weight excluding hydrogens is 291 g/mol. The topological polar surface area (TPSA) is 41.1 Å². The van der Waals surface area contributed by atoms with Crippen molar-refractivity contribution in [2.24, 2.45) is 0 Å². The highest BCUT2D eigenvalue weighted by Gasteiger charge is 1.93. The number of carbonyl (C=O) groups is 1. The number of hydrogen-bond acceptors (Lipinski definition) is 1. The number of nitrogens with one attached hydrogen (secondary N) is 2. The van der Waals surface area contributed by atoms with Crippen LogP contribution in [-0.2, 0) is 0 Å². The van der Waals surface area contributed by atoms with Crippen molar-refractivity contribution in [3.8, 4) is 0 Å². The second-order valence-corrected chi connectivity index (χ2v) is 4.27. The molecule has 5 heteroatoms. The van der Waals surface area contributed by atoms with Crippen LogP contribution in [0.25, 0.3) is 6.08 Å². The van der Waals surface area contributed by atoms with Gasteiger partial charge >= 0.3 is 6.03 Å². The number of hydrogen-bond donors (Lipinski definition) is 2. The van der Waals surface area contributed by atoms with E-state index in [0.717, 1.165) is 10.0 Å². The maximum absolute atomic E-state index is 11.1.